The van der Waals surface area contributed by atoms with Crippen molar-refractivity contribution in [1.82, 2.24) is 9.97 Å². The van der Waals surface area contributed by atoms with Crippen LogP contribution in [0.2, 0.25) is 0 Å². The van der Waals surface area contributed by atoms with Crippen molar-refractivity contribution in [3.63, 3.8) is 0 Å². The molecule has 4 heteroatoms. The molecule has 0 spiro atoms. The first-order chi connectivity index (χ1) is 9.13. The van der Waals surface area contributed by atoms with Crippen molar-refractivity contribution in [1.29, 1.82) is 0 Å². The van der Waals surface area contributed by atoms with E-state index in [0.717, 1.165) is 27.5 Å². The summed E-state index contributed by atoms with van der Waals surface area (Å²) in [6.07, 6.45) is 0. The van der Waals surface area contributed by atoms with Gasteiger partial charge in [-0.2, -0.15) is 0 Å². The van der Waals surface area contributed by atoms with Gasteiger partial charge in [0.25, 0.3) is 0 Å². The molecular weight excluding hydrogens is 254 g/mol. The zero-order chi connectivity index (χ0) is 13.4. The van der Waals surface area contributed by atoms with E-state index in [-0.39, 0.29) is 0 Å². The van der Waals surface area contributed by atoms with Crippen molar-refractivity contribution in [2.75, 3.05) is 5.32 Å². The normalized spacial score (nSPS) is 10.9. The molecule has 0 saturated carbocycles. The molecule has 1 N–H and O–H groups in total. The van der Waals surface area contributed by atoms with Crippen LogP contribution < -0.4 is 5.32 Å². The number of para-hydroxylation sites is 1. The third kappa shape index (κ3) is 2.31. The summed E-state index contributed by atoms with van der Waals surface area (Å²) in [5, 5.41) is 4.52. The number of rotatable bonds is 2. The molecule has 2 heterocycles. The van der Waals surface area contributed by atoms with Gasteiger partial charge < -0.3 is 5.32 Å². The largest absolute Gasteiger partial charge is 0.339 e. The molecule has 2 aromatic heterocycles. The summed E-state index contributed by atoms with van der Waals surface area (Å²) < 4.78 is 0. The summed E-state index contributed by atoms with van der Waals surface area (Å²) in [6, 6.07) is 10.4. The number of hydrogen-bond acceptors (Lipinski definition) is 4. The van der Waals surface area contributed by atoms with Gasteiger partial charge in [0.15, 0.2) is 0 Å². The standard InChI is InChI=1S/C15H15N3S/c1-9-6-4-5-7-13(9)18-14-12-8-10(2)19-15(12)17-11(3)16-14/h4-8H,1-3H3,(H,16,17,18). The van der Waals surface area contributed by atoms with Gasteiger partial charge in [-0.25, -0.2) is 9.97 Å². The molecule has 0 aliphatic rings. The Bertz CT molecular complexity index is 746. The van der Waals surface area contributed by atoms with Crippen molar-refractivity contribution < 1.29 is 0 Å². The number of hydrogen-bond donors (Lipinski definition) is 1. The number of aromatic nitrogens is 2. The first-order valence-corrected chi connectivity index (χ1v) is 7.02. The summed E-state index contributed by atoms with van der Waals surface area (Å²) in [5.41, 5.74) is 2.30. The predicted molar refractivity (Wildman–Crippen MR) is 81.4 cm³/mol. The lowest BCUT2D eigenvalue weighted by molar-refractivity contribution is 1.10. The first-order valence-electron chi connectivity index (χ1n) is 6.21. The number of nitrogens with zero attached hydrogens (tertiary/aromatic N) is 2. The number of thiophene rings is 1. The summed E-state index contributed by atoms with van der Waals surface area (Å²) in [5.74, 6) is 1.69. The second-order valence-electron chi connectivity index (χ2n) is 4.64. The van der Waals surface area contributed by atoms with Crippen LogP contribution in [0.25, 0.3) is 10.2 Å². The number of nitrogens with one attached hydrogen (secondary N) is 1. The second-order valence-corrected chi connectivity index (χ2v) is 5.87. The molecule has 19 heavy (non-hydrogen) atoms. The van der Waals surface area contributed by atoms with Crippen molar-refractivity contribution in [2.45, 2.75) is 20.8 Å². The van der Waals surface area contributed by atoms with Gasteiger partial charge in [-0.15, -0.1) is 11.3 Å². The van der Waals surface area contributed by atoms with Crippen LogP contribution >= 0.6 is 11.3 Å². The van der Waals surface area contributed by atoms with Gasteiger partial charge in [-0.1, -0.05) is 18.2 Å². The highest BCUT2D eigenvalue weighted by atomic mass is 32.1. The molecule has 0 unspecified atom stereocenters. The maximum absolute atomic E-state index is 4.54. The van der Waals surface area contributed by atoms with E-state index in [0.29, 0.717) is 0 Å². The molecule has 0 bridgehead atoms. The molecule has 0 amide bonds. The number of aryl methyl sites for hydroxylation is 3. The molecule has 0 fully saturated rings. The van der Waals surface area contributed by atoms with E-state index in [1.54, 1.807) is 11.3 Å². The Morgan fingerprint density at radius 2 is 1.84 bits per heavy atom. The fraction of sp³-hybridized carbons (Fsp3) is 0.200. The minimum atomic E-state index is 0.797. The van der Waals surface area contributed by atoms with Gasteiger partial charge in [-0.05, 0) is 38.5 Å². The first kappa shape index (κ1) is 12.1. The monoisotopic (exact) mass is 269 g/mol. The highest BCUT2D eigenvalue weighted by molar-refractivity contribution is 7.18. The molecule has 3 nitrogen and oxygen atoms in total. The quantitative estimate of drug-likeness (QED) is 0.751. The Balaban J connectivity index is 2.12. The third-order valence-corrected chi connectivity index (χ3v) is 3.97. The van der Waals surface area contributed by atoms with Gasteiger partial charge in [-0.3, -0.25) is 0 Å². The maximum Gasteiger partial charge on any atom is 0.142 e. The molecule has 0 aliphatic heterocycles. The lowest BCUT2D eigenvalue weighted by Crippen LogP contribution is -1.98. The number of anilines is 2. The summed E-state index contributed by atoms with van der Waals surface area (Å²) in [7, 11) is 0. The van der Waals surface area contributed by atoms with Gasteiger partial charge >= 0.3 is 0 Å². The van der Waals surface area contributed by atoms with Crippen LogP contribution in [0.4, 0.5) is 11.5 Å². The van der Waals surface area contributed by atoms with E-state index < -0.39 is 0 Å². The molecule has 0 saturated heterocycles. The van der Waals surface area contributed by atoms with Crippen LogP contribution in [0.5, 0.6) is 0 Å². The molecule has 3 rings (SSSR count). The zero-order valence-electron chi connectivity index (χ0n) is 11.2. The summed E-state index contributed by atoms with van der Waals surface area (Å²) in [6.45, 7) is 6.11. The van der Waals surface area contributed by atoms with E-state index >= 15 is 0 Å². The Kier molecular flexibility index (Phi) is 2.95. The maximum atomic E-state index is 4.54. The van der Waals surface area contributed by atoms with Gasteiger partial charge in [0, 0.05) is 10.6 Å². The van der Waals surface area contributed by atoms with E-state index in [9.17, 15) is 0 Å². The van der Waals surface area contributed by atoms with Gasteiger partial charge in [0.2, 0.25) is 0 Å². The topological polar surface area (TPSA) is 37.8 Å². The highest BCUT2D eigenvalue weighted by Gasteiger charge is 2.09. The van der Waals surface area contributed by atoms with E-state index in [1.165, 1.54) is 10.4 Å². The SMILES string of the molecule is Cc1nc(Nc2ccccc2C)c2cc(C)sc2n1. The van der Waals surface area contributed by atoms with Crippen molar-refractivity contribution in [2.24, 2.45) is 0 Å². The van der Waals surface area contributed by atoms with Gasteiger partial charge in [0.1, 0.15) is 16.5 Å². The number of fused-ring (bicyclic) bond motifs is 1. The minimum absolute atomic E-state index is 0.797. The van der Waals surface area contributed by atoms with E-state index in [4.69, 9.17) is 0 Å². The molecule has 3 aromatic rings. The van der Waals surface area contributed by atoms with Crippen LogP contribution in [-0.4, -0.2) is 9.97 Å². The van der Waals surface area contributed by atoms with Crippen molar-refractivity contribution in [3.05, 3.63) is 46.6 Å². The minimum Gasteiger partial charge on any atom is -0.339 e. The van der Waals surface area contributed by atoms with Crippen LogP contribution in [0.3, 0.4) is 0 Å². The second kappa shape index (κ2) is 4.63. The molecular formula is C15H15N3S. The molecule has 96 valence electrons. The average Bonchev–Trinajstić information content (AvgIpc) is 2.72. The third-order valence-electron chi connectivity index (χ3n) is 3.03. The Labute approximate surface area is 116 Å². The van der Waals surface area contributed by atoms with Crippen LogP contribution in [0, 0.1) is 20.8 Å². The Morgan fingerprint density at radius 1 is 1.05 bits per heavy atom. The zero-order valence-corrected chi connectivity index (χ0v) is 12.0. The average molecular weight is 269 g/mol. The highest BCUT2D eigenvalue weighted by Crippen LogP contribution is 2.30. The lowest BCUT2D eigenvalue weighted by Gasteiger charge is -2.09. The van der Waals surface area contributed by atoms with Crippen LogP contribution in [-0.2, 0) is 0 Å². The van der Waals surface area contributed by atoms with Crippen molar-refractivity contribution in [3.8, 4) is 0 Å². The van der Waals surface area contributed by atoms with Gasteiger partial charge in [0.05, 0.1) is 5.39 Å². The van der Waals surface area contributed by atoms with E-state index in [1.807, 2.05) is 19.1 Å². The fourth-order valence-electron chi connectivity index (χ4n) is 2.08. The summed E-state index contributed by atoms with van der Waals surface area (Å²) >= 11 is 1.70. The molecule has 1 aromatic carbocycles. The Hall–Kier alpha value is -1.94. The Morgan fingerprint density at radius 3 is 2.63 bits per heavy atom. The fourth-order valence-corrected chi connectivity index (χ4v) is 3.01. The van der Waals surface area contributed by atoms with Crippen LogP contribution in [0.15, 0.2) is 30.3 Å². The number of benzene rings is 1. The molecule has 0 atom stereocenters. The lowest BCUT2D eigenvalue weighted by atomic mass is 10.2. The predicted octanol–water partition coefficient (Wildman–Crippen LogP) is 4.36. The molecule has 0 aliphatic carbocycles. The van der Waals surface area contributed by atoms with E-state index in [2.05, 4.69) is 47.3 Å². The van der Waals surface area contributed by atoms with Crippen molar-refractivity contribution >= 4 is 33.1 Å². The smallest absolute Gasteiger partial charge is 0.142 e. The van der Waals surface area contributed by atoms with Crippen LogP contribution in [0.1, 0.15) is 16.3 Å². The summed E-state index contributed by atoms with van der Waals surface area (Å²) in [4.78, 5) is 11.3. The molecule has 0 radical (unpaired) electrons.